The van der Waals surface area contributed by atoms with Crippen LogP contribution in [0.3, 0.4) is 0 Å². The van der Waals surface area contributed by atoms with Crippen molar-refractivity contribution >= 4 is 5.91 Å². The minimum Gasteiger partial charge on any atom is -0.481 e. The zero-order chi connectivity index (χ0) is 13.2. The molecule has 0 saturated carbocycles. The summed E-state index contributed by atoms with van der Waals surface area (Å²) >= 11 is 0. The van der Waals surface area contributed by atoms with E-state index in [2.05, 4.69) is 10.3 Å². The van der Waals surface area contributed by atoms with Crippen molar-refractivity contribution in [3.05, 3.63) is 23.9 Å². The number of nitrogens with zero attached hydrogens (tertiary/aromatic N) is 2. The number of piperidine rings is 1. The second-order valence-electron chi connectivity index (χ2n) is 5.19. The number of ether oxygens (including phenoxy) is 1. The number of pyridine rings is 1. The Morgan fingerprint density at radius 3 is 3.05 bits per heavy atom. The minimum atomic E-state index is 0.0215. The first-order chi connectivity index (χ1) is 9.28. The van der Waals surface area contributed by atoms with Gasteiger partial charge >= 0.3 is 0 Å². The van der Waals surface area contributed by atoms with Crippen LogP contribution in [0.25, 0.3) is 0 Å². The molecule has 1 amide bonds. The van der Waals surface area contributed by atoms with E-state index in [0.29, 0.717) is 23.7 Å². The van der Waals surface area contributed by atoms with Gasteiger partial charge < -0.3 is 15.0 Å². The molecular formula is C14H19N3O2. The molecule has 1 aromatic rings. The normalized spacial score (nSPS) is 26.1. The average Bonchev–Trinajstić information content (AvgIpc) is 2.80. The highest BCUT2D eigenvalue weighted by molar-refractivity contribution is 5.92. The van der Waals surface area contributed by atoms with E-state index in [-0.39, 0.29) is 5.91 Å². The van der Waals surface area contributed by atoms with Crippen LogP contribution >= 0.6 is 0 Å². The largest absolute Gasteiger partial charge is 0.481 e. The molecule has 2 atom stereocenters. The van der Waals surface area contributed by atoms with E-state index in [1.165, 1.54) is 6.42 Å². The summed E-state index contributed by atoms with van der Waals surface area (Å²) in [6.07, 6.45) is 3.29. The molecule has 0 spiro atoms. The lowest BCUT2D eigenvalue weighted by Crippen LogP contribution is -2.46. The van der Waals surface area contributed by atoms with E-state index in [4.69, 9.17) is 4.74 Å². The van der Waals surface area contributed by atoms with E-state index >= 15 is 0 Å². The summed E-state index contributed by atoms with van der Waals surface area (Å²) in [4.78, 5) is 18.8. The molecule has 5 nitrogen and oxygen atoms in total. The van der Waals surface area contributed by atoms with Gasteiger partial charge in [0.2, 0.25) is 5.88 Å². The highest BCUT2D eigenvalue weighted by atomic mass is 16.5. The van der Waals surface area contributed by atoms with Crippen molar-refractivity contribution < 1.29 is 9.53 Å². The number of amides is 1. The van der Waals surface area contributed by atoms with Crippen molar-refractivity contribution in [3.8, 4) is 5.88 Å². The van der Waals surface area contributed by atoms with Gasteiger partial charge in [-0.2, -0.15) is 0 Å². The summed E-state index contributed by atoms with van der Waals surface area (Å²) in [6.45, 7) is 1.72. The third-order valence-corrected chi connectivity index (χ3v) is 4.06. The highest BCUT2D eigenvalue weighted by Gasteiger charge is 2.33. The predicted octanol–water partition coefficient (Wildman–Crippen LogP) is 1.06. The Balaban J connectivity index is 1.82. The standard InChI is InChI=1S/C14H19N3O2/c1-19-13-4-2-3-12(16-13)14(18)17-8-7-10-5-6-11(17)9-15-10/h2-4,10-11,15H,5-9H2,1H3. The highest BCUT2D eigenvalue weighted by Crippen LogP contribution is 2.23. The van der Waals surface area contributed by atoms with Crippen LogP contribution in [0.15, 0.2) is 18.2 Å². The Hall–Kier alpha value is -1.62. The molecular weight excluding hydrogens is 242 g/mol. The van der Waals surface area contributed by atoms with Gasteiger partial charge in [-0.15, -0.1) is 0 Å². The smallest absolute Gasteiger partial charge is 0.272 e. The van der Waals surface area contributed by atoms with Gasteiger partial charge in [-0.1, -0.05) is 6.07 Å². The summed E-state index contributed by atoms with van der Waals surface area (Å²) in [6, 6.07) is 6.21. The molecule has 2 unspecified atom stereocenters. The van der Waals surface area contributed by atoms with Crippen molar-refractivity contribution in [2.24, 2.45) is 0 Å². The topological polar surface area (TPSA) is 54.5 Å². The van der Waals surface area contributed by atoms with Gasteiger partial charge in [-0.05, 0) is 25.3 Å². The number of nitrogens with one attached hydrogen (secondary N) is 1. The number of carbonyl (C=O) groups excluding carboxylic acids is 1. The Kier molecular flexibility index (Phi) is 3.38. The molecule has 2 bridgehead atoms. The van der Waals surface area contributed by atoms with Gasteiger partial charge in [0.15, 0.2) is 0 Å². The maximum absolute atomic E-state index is 12.6. The second kappa shape index (κ2) is 5.17. The third-order valence-electron chi connectivity index (χ3n) is 4.06. The van der Waals surface area contributed by atoms with Crippen molar-refractivity contribution in [1.82, 2.24) is 15.2 Å². The molecule has 0 aliphatic carbocycles. The summed E-state index contributed by atoms with van der Waals surface area (Å²) in [5.74, 6) is 0.511. The van der Waals surface area contributed by atoms with Crippen LogP contribution in [0.1, 0.15) is 29.8 Å². The molecule has 3 aliphatic rings. The Morgan fingerprint density at radius 2 is 2.32 bits per heavy atom. The molecule has 4 heterocycles. The summed E-state index contributed by atoms with van der Waals surface area (Å²) < 4.78 is 5.08. The van der Waals surface area contributed by atoms with Gasteiger partial charge in [0.25, 0.3) is 5.91 Å². The van der Waals surface area contributed by atoms with Gasteiger partial charge in [-0.3, -0.25) is 4.79 Å². The Labute approximate surface area is 113 Å². The van der Waals surface area contributed by atoms with E-state index in [9.17, 15) is 4.79 Å². The lowest BCUT2D eigenvalue weighted by atomic mass is 10.0. The van der Waals surface area contributed by atoms with Crippen LogP contribution in [-0.4, -0.2) is 48.1 Å². The van der Waals surface area contributed by atoms with Gasteiger partial charge in [0.1, 0.15) is 5.69 Å². The molecule has 3 fully saturated rings. The molecule has 3 aliphatic heterocycles. The van der Waals surface area contributed by atoms with E-state index in [1.807, 2.05) is 11.0 Å². The van der Waals surface area contributed by atoms with Crippen LogP contribution < -0.4 is 10.1 Å². The van der Waals surface area contributed by atoms with Crippen molar-refractivity contribution in [2.45, 2.75) is 31.3 Å². The zero-order valence-corrected chi connectivity index (χ0v) is 11.1. The first-order valence-corrected chi connectivity index (χ1v) is 6.83. The predicted molar refractivity (Wildman–Crippen MR) is 71.3 cm³/mol. The quantitative estimate of drug-likeness (QED) is 0.865. The number of fused-ring (bicyclic) bond motifs is 4. The lowest BCUT2D eigenvalue weighted by molar-refractivity contribution is 0.0680. The summed E-state index contributed by atoms with van der Waals surface area (Å²) in [5.41, 5.74) is 0.477. The van der Waals surface area contributed by atoms with Gasteiger partial charge in [0.05, 0.1) is 7.11 Å². The zero-order valence-electron chi connectivity index (χ0n) is 11.1. The Bertz CT molecular complexity index is 470. The fourth-order valence-corrected chi connectivity index (χ4v) is 2.95. The van der Waals surface area contributed by atoms with Crippen LogP contribution in [0.5, 0.6) is 5.88 Å². The second-order valence-corrected chi connectivity index (χ2v) is 5.19. The van der Waals surface area contributed by atoms with Crippen molar-refractivity contribution in [2.75, 3.05) is 20.2 Å². The fourth-order valence-electron chi connectivity index (χ4n) is 2.95. The minimum absolute atomic E-state index is 0.0215. The lowest BCUT2D eigenvalue weighted by Gasteiger charge is -2.31. The van der Waals surface area contributed by atoms with Crippen molar-refractivity contribution in [3.63, 3.8) is 0 Å². The molecule has 19 heavy (non-hydrogen) atoms. The molecule has 1 N–H and O–H groups in total. The molecule has 4 rings (SSSR count). The van der Waals surface area contributed by atoms with Gasteiger partial charge in [0, 0.05) is 31.2 Å². The van der Waals surface area contributed by atoms with Crippen LogP contribution in [0, 0.1) is 0 Å². The van der Waals surface area contributed by atoms with Crippen molar-refractivity contribution in [1.29, 1.82) is 0 Å². The number of methoxy groups -OCH3 is 1. The Morgan fingerprint density at radius 1 is 1.42 bits per heavy atom. The number of rotatable bonds is 2. The number of hydrogen-bond acceptors (Lipinski definition) is 4. The third kappa shape index (κ3) is 2.42. The molecule has 3 saturated heterocycles. The number of aromatic nitrogens is 1. The molecule has 5 heteroatoms. The molecule has 102 valence electrons. The van der Waals surface area contributed by atoms with E-state index < -0.39 is 0 Å². The number of carbonyl (C=O) groups is 1. The fraction of sp³-hybridized carbons (Fsp3) is 0.571. The van der Waals surface area contributed by atoms with Gasteiger partial charge in [-0.25, -0.2) is 4.98 Å². The van der Waals surface area contributed by atoms with E-state index in [0.717, 1.165) is 25.9 Å². The number of hydrogen-bond donors (Lipinski definition) is 1. The average molecular weight is 261 g/mol. The maximum Gasteiger partial charge on any atom is 0.272 e. The first kappa shape index (κ1) is 12.4. The van der Waals surface area contributed by atoms with Crippen LogP contribution in [0.2, 0.25) is 0 Å². The van der Waals surface area contributed by atoms with E-state index in [1.54, 1.807) is 19.2 Å². The monoisotopic (exact) mass is 261 g/mol. The SMILES string of the molecule is COc1cccc(C(=O)N2CCC3CCC2CN3)n1. The maximum atomic E-state index is 12.6. The van der Waals surface area contributed by atoms with Crippen LogP contribution in [0.4, 0.5) is 0 Å². The molecule has 0 radical (unpaired) electrons. The molecule has 0 aromatic carbocycles. The first-order valence-electron chi connectivity index (χ1n) is 6.83. The van der Waals surface area contributed by atoms with Crippen LogP contribution in [-0.2, 0) is 0 Å². The summed E-state index contributed by atoms with van der Waals surface area (Å²) in [5, 5.41) is 3.50. The molecule has 1 aromatic heterocycles. The summed E-state index contributed by atoms with van der Waals surface area (Å²) in [7, 11) is 1.56.